The lowest BCUT2D eigenvalue weighted by molar-refractivity contribution is 1.11. The summed E-state index contributed by atoms with van der Waals surface area (Å²) in [5, 5.41) is 9.39. The number of hydrogen-bond donors (Lipinski definition) is 1. The lowest BCUT2D eigenvalue weighted by Crippen LogP contribution is -1.87. The minimum atomic E-state index is 1.01. The number of rotatable bonds is 1. The first kappa shape index (κ1) is 8.41. The van der Waals surface area contributed by atoms with Crippen molar-refractivity contribution in [1.29, 1.82) is 0 Å². The Morgan fingerprint density at radius 1 is 1.33 bits per heavy atom. The zero-order chi connectivity index (χ0) is 10.3. The van der Waals surface area contributed by atoms with Crippen molar-refractivity contribution >= 4 is 21.8 Å². The molecular weight excluding hydrogens is 186 g/mol. The molecule has 2 heterocycles. The molecule has 0 aliphatic rings. The van der Waals surface area contributed by atoms with Crippen LogP contribution in [-0.2, 0) is 6.42 Å². The molecule has 0 fully saturated rings. The molecule has 0 radical (unpaired) electrons. The molecule has 1 aromatic carbocycles. The highest BCUT2D eigenvalue weighted by Crippen LogP contribution is 2.25. The number of H-pyrrole nitrogens is 1. The van der Waals surface area contributed by atoms with Gasteiger partial charge in [0, 0.05) is 17.0 Å². The highest BCUT2D eigenvalue weighted by Gasteiger charge is 2.06. The molecule has 0 aliphatic carbocycles. The number of aromatic nitrogens is 3. The second kappa shape index (κ2) is 3.05. The summed E-state index contributed by atoms with van der Waals surface area (Å²) in [7, 11) is 0. The van der Waals surface area contributed by atoms with Crippen LogP contribution in [0, 0.1) is 0 Å². The average molecular weight is 197 g/mol. The maximum Gasteiger partial charge on any atom is 0.0814 e. The van der Waals surface area contributed by atoms with E-state index in [4.69, 9.17) is 0 Å². The van der Waals surface area contributed by atoms with Crippen molar-refractivity contribution in [2.75, 3.05) is 0 Å². The van der Waals surface area contributed by atoms with Gasteiger partial charge in [0.25, 0.3) is 0 Å². The lowest BCUT2D eigenvalue weighted by atomic mass is 10.0. The lowest BCUT2D eigenvalue weighted by Gasteiger charge is -2.04. The minimum Gasteiger partial charge on any atom is -0.278 e. The van der Waals surface area contributed by atoms with Gasteiger partial charge in [-0.1, -0.05) is 13.0 Å². The second-order valence-electron chi connectivity index (χ2n) is 3.62. The van der Waals surface area contributed by atoms with Crippen molar-refractivity contribution in [2.45, 2.75) is 13.3 Å². The van der Waals surface area contributed by atoms with Crippen molar-refractivity contribution < 1.29 is 0 Å². The Balaban J connectivity index is 2.58. The molecule has 0 amide bonds. The quantitative estimate of drug-likeness (QED) is 0.651. The number of benzene rings is 1. The van der Waals surface area contributed by atoms with Crippen LogP contribution in [0.25, 0.3) is 21.8 Å². The van der Waals surface area contributed by atoms with Gasteiger partial charge in [-0.05, 0) is 24.1 Å². The van der Waals surface area contributed by atoms with E-state index in [1.54, 1.807) is 0 Å². The molecule has 0 aliphatic heterocycles. The number of aryl methyl sites for hydroxylation is 1. The van der Waals surface area contributed by atoms with E-state index in [0.29, 0.717) is 0 Å². The fourth-order valence-corrected chi connectivity index (χ4v) is 2.02. The molecule has 15 heavy (non-hydrogen) atoms. The summed E-state index contributed by atoms with van der Waals surface area (Å²) in [4.78, 5) is 4.43. The Morgan fingerprint density at radius 2 is 2.27 bits per heavy atom. The van der Waals surface area contributed by atoms with Crippen LogP contribution in [-0.4, -0.2) is 15.2 Å². The Kier molecular flexibility index (Phi) is 1.71. The van der Waals surface area contributed by atoms with Crippen LogP contribution in [0.1, 0.15) is 12.5 Å². The highest BCUT2D eigenvalue weighted by atomic mass is 15.1. The van der Waals surface area contributed by atoms with Crippen molar-refractivity contribution in [3.8, 4) is 0 Å². The molecule has 0 unspecified atom stereocenters. The fourth-order valence-electron chi connectivity index (χ4n) is 2.02. The highest BCUT2D eigenvalue weighted by molar-refractivity contribution is 6.05. The first-order chi connectivity index (χ1) is 7.40. The third-order valence-corrected chi connectivity index (χ3v) is 2.78. The second-order valence-corrected chi connectivity index (χ2v) is 3.62. The maximum absolute atomic E-state index is 4.43. The van der Waals surface area contributed by atoms with E-state index in [2.05, 4.69) is 34.2 Å². The molecule has 0 spiro atoms. The zero-order valence-corrected chi connectivity index (χ0v) is 8.49. The van der Waals surface area contributed by atoms with Gasteiger partial charge < -0.3 is 0 Å². The van der Waals surface area contributed by atoms with E-state index in [1.165, 1.54) is 10.9 Å². The van der Waals surface area contributed by atoms with Crippen LogP contribution in [0.2, 0.25) is 0 Å². The van der Waals surface area contributed by atoms with Crippen molar-refractivity contribution in [1.82, 2.24) is 15.2 Å². The van der Waals surface area contributed by atoms with Gasteiger partial charge in [0.1, 0.15) is 0 Å². The number of nitrogens with zero attached hydrogens (tertiary/aromatic N) is 2. The number of fused-ring (bicyclic) bond motifs is 3. The molecule has 3 heteroatoms. The van der Waals surface area contributed by atoms with Gasteiger partial charge in [-0.15, -0.1) is 0 Å². The number of nitrogens with one attached hydrogen (secondary N) is 1. The molecule has 74 valence electrons. The first-order valence-corrected chi connectivity index (χ1v) is 5.10. The van der Waals surface area contributed by atoms with E-state index in [9.17, 15) is 0 Å². The van der Waals surface area contributed by atoms with E-state index < -0.39 is 0 Å². The molecule has 0 atom stereocenters. The van der Waals surface area contributed by atoms with Crippen LogP contribution >= 0.6 is 0 Å². The summed E-state index contributed by atoms with van der Waals surface area (Å²) in [5.41, 5.74) is 3.42. The number of pyridine rings is 1. The van der Waals surface area contributed by atoms with Gasteiger partial charge >= 0.3 is 0 Å². The third-order valence-electron chi connectivity index (χ3n) is 2.78. The van der Waals surface area contributed by atoms with Crippen LogP contribution in [0.15, 0.2) is 30.6 Å². The summed E-state index contributed by atoms with van der Waals surface area (Å²) in [6.07, 6.45) is 4.68. The molecule has 0 saturated heterocycles. The van der Waals surface area contributed by atoms with Crippen molar-refractivity contribution in [3.63, 3.8) is 0 Å². The number of aromatic amines is 1. The standard InChI is InChI=1S/C12H11N3/c1-2-8-6-11-10(7-14-15-11)12-9(8)4-3-5-13-12/h3-7H,2H2,1H3,(H,14,15). The fraction of sp³-hybridized carbons (Fsp3) is 0.167. The Hall–Kier alpha value is -1.90. The van der Waals surface area contributed by atoms with Crippen LogP contribution in [0.3, 0.4) is 0 Å². The summed E-state index contributed by atoms with van der Waals surface area (Å²) in [6.45, 7) is 2.16. The van der Waals surface area contributed by atoms with Gasteiger partial charge in [-0.3, -0.25) is 10.1 Å². The van der Waals surface area contributed by atoms with E-state index in [1.807, 2.05) is 18.5 Å². The molecular formula is C12H11N3. The molecule has 0 saturated carbocycles. The molecule has 3 aromatic rings. The Morgan fingerprint density at radius 3 is 3.13 bits per heavy atom. The molecule has 1 N–H and O–H groups in total. The van der Waals surface area contributed by atoms with E-state index in [-0.39, 0.29) is 0 Å². The largest absolute Gasteiger partial charge is 0.278 e. The topological polar surface area (TPSA) is 41.6 Å². The average Bonchev–Trinajstić information content (AvgIpc) is 2.76. The Bertz CT molecular complexity index is 625. The molecule has 3 rings (SSSR count). The third kappa shape index (κ3) is 1.13. The summed E-state index contributed by atoms with van der Waals surface area (Å²) >= 11 is 0. The molecule has 0 bridgehead atoms. The van der Waals surface area contributed by atoms with Gasteiger partial charge in [0.2, 0.25) is 0 Å². The Labute approximate surface area is 87.1 Å². The van der Waals surface area contributed by atoms with Gasteiger partial charge in [-0.25, -0.2) is 0 Å². The monoisotopic (exact) mass is 197 g/mol. The van der Waals surface area contributed by atoms with Gasteiger partial charge in [0.05, 0.1) is 17.2 Å². The van der Waals surface area contributed by atoms with Gasteiger partial charge in [-0.2, -0.15) is 5.10 Å². The van der Waals surface area contributed by atoms with Crippen LogP contribution in [0.4, 0.5) is 0 Å². The zero-order valence-electron chi connectivity index (χ0n) is 8.49. The first-order valence-electron chi connectivity index (χ1n) is 5.10. The SMILES string of the molecule is CCc1cc2[nH]ncc2c2ncccc12. The predicted molar refractivity (Wildman–Crippen MR) is 60.8 cm³/mol. The number of hydrogen-bond acceptors (Lipinski definition) is 2. The van der Waals surface area contributed by atoms with E-state index in [0.717, 1.165) is 22.8 Å². The molecule has 2 aromatic heterocycles. The smallest absolute Gasteiger partial charge is 0.0814 e. The summed E-state index contributed by atoms with van der Waals surface area (Å²) < 4.78 is 0. The van der Waals surface area contributed by atoms with Gasteiger partial charge in [0.15, 0.2) is 0 Å². The summed E-state index contributed by atoms with van der Waals surface area (Å²) in [6, 6.07) is 6.26. The predicted octanol–water partition coefficient (Wildman–Crippen LogP) is 2.67. The normalized spacial score (nSPS) is 11.3. The van der Waals surface area contributed by atoms with Crippen molar-refractivity contribution in [3.05, 3.63) is 36.2 Å². The van der Waals surface area contributed by atoms with Crippen molar-refractivity contribution in [2.24, 2.45) is 0 Å². The van der Waals surface area contributed by atoms with Crippen LogP contribution < -0.4 is 0 Å². The summed E-state index contributed by atoms with van der Waals surface area (Å²) in [5.74, 6) is 0. The minimum absolute atomic E-state index is 1.01. The molecule has 3 nitrogen and oxygen atoms in total. The van der Waals surface area contributed by atoms with E-state index >= 15 is 0 Å². The van der Waals surface area contributed by atoms with Crippen LogP contribution in [0.5, 0.6) is 0 Å². The maximum atomic E-state index is 4.43.